The molecule has 0 bridgehead atoms. The van der Waals surface area contributed by atoms with E-state index in [1.165, 1.54) is 30.1 Å². The third kappa shape index (κ3) is 3.80. The van der Waals surface area contributed by atoms with Gasteiger partial charge in [0.15, 0.2) is 0 Å². The van der Waals surface area contributed by atoms with Gasteiger partial charge in [-0.15, -0.1) is 11.3 Å². The molecule has 0 fully saturated rings. The van der Waals surface area contributed by atoms with Gasteiger partial charge in [0.25, 0.3) is 10.1 Å². The van der Waals surface area contributed by atoms with Gasteiger partial charge in [-0.25, -0.2) is 9.40 Å². The number of thiazole rings is 1. The maximum atomic E-state index is 12.1. The lowest BCUT2D eigenvalue weighted by Crippen LogP contribution is -2.07. The second-order valence-electron chi connectivity index (χ2n) is 8.32. The Kier molecular flexibility index (Phi) is 5.17. The minimum absolute atomic E-state index is 0.0856. The first-order valence-corrected chi connectivity index (χ1v) is 13.3. The van der Waals surface area contributed by atoms with Crippen molar-refractivity contribution in [2.75, 3.05) is 7.11 Å². The van der Waals surface area contributed by atoms with Crippen molar-refractivity contribution >= 4 is 31.7 Å². The highest BCUT2D eigenvalue weighted by molar-refractivity contribution is 7.86. The number of aryl methyl sites for hydroxylation is 1. The van der Waals surface area contributed by atoms with Gasteiger partial charge >= 0.3 is 11.5 Å². The van der Waals surface area contributed by atoms with E-state index >= 15 is 0 Å². The second-order valence-corrected chi connectivity index (χ2v) is 10.7. The Morgan fingerprint density at radius 3 is 2.57 bits per heavy atom. The topological polar surface area (TPSA) is 87.8 Å². The Morgan fingerprint density at radius 2 is 1.77 bits per heavy atom. The molecule has 0 atom stereocenters. The molecule has 0 aliphatic heterocycles. The molecule has 0 unspecified atom stereocenters. The van der Waals surface area contributed by atoms with Gasteiger partial charge < -0.3 is 4.74 Å². The molecule has 1 aliphatic carbocycles. The van der Waals surface area contributed by atoms with Crippen LogP contribution in [0.4, 0.5) is 0 Å². The van der Waals surface area contributed by atoms with Crippen molar-refractivity contribution in [2.24, 2.45) is 0 Å². The van der Waals surface area contributed by atoms with Gasteiger partial charge in [0.05, 0.1) is 34.5 Å². The third-order valence-electron chi connectivity index (χ3n) is 6.25. The van der Waals surface area contributed by atoms with E-state index in [1.54, 1.807) is 12.1 Å². The zero-order valence-electron chi connectivity index (χ0n) is 18.7. The summed E-state index contributed by atoms with van der Waals surface area (Å²) in [5.74, 6) is 1.44. The van der Waals surface area contributed by atoms with E-state index in [1.807, 2.05) is 48.5 Å². The fraction of sp³-hybridized carbons (Fsp3) is 0.111. The Balaban J connectivity index is 1.64. The Hall–Kier alpha value is -3.59. The average molecular weight is 503 g/mol. The molecule has 2 aromatic heterocycles. The Morgan fingerprint density at radius 1 is 0.971 bits per heavy atom. The van der Waals surface area contributed by atoms with E-state index < -0.39 is 10.1 Å². The molecule has 5 aromatic rings. The highest BCUT2D eigenvalue weighted by Gasteiger charge is 2.33. The number of benzene rings is 3. The molecule has 6 rings (SSSR count). The maximum absolute atomic E-state index is 12.1. The summed E-state index contributed by atoms with van der Waals surface area (Å²) >= 11 is 1.54. The van der Waals surface area contributed by atoms with Crippen molar-refractivity contribution in [1.29, 1.82) is 0 Å². The van der Waals surface area contributed by atoms with Crippen LogP contribution in [-0.4, -0.2) is 25.1 Å². The summed E-state index contributed by atoms with van der Waals surface area (Å²) in [7, 11) is -3.11. The number of ether oxygens (including phenoxy) is 1. The molecule has 174 valence electrons. The van der Waals surface area contributed by atoms with E-state index in [0.29, 0.717) is 11.3 Å². The fourth-order valence-corrected chi connectivity index (χ4v) is 6.21. The van der Waals surface area contributed by atoms with E-state index in [9.17, 15) is 13.0 Å². The van der Waals surface area contributed by atoms with Crippen LogP contribution in [0.1, 0.15) is 11.1 Å². The summed E-state index contributed by atoms with van der Waals surface area (Å²) < 4.78 is 46.7. The lowest BCUT2D eigenvalue weighted by Gasteiger charge is -2.16. The minimum Gasteiger partial charge on any atom is -0.495 e. The molecule has 0 spiro atoms. The van der Waals surface area contributed by atoms with Crippen LogP contribution in [-0.2, 0) is 23.0 Å². The molecule has 2 heterocycles. The average Bonchev–Trinajstić information content (AvgIpc) is 3.31. The van der Waals surface area contributed by atoms with Crippen LogP contribution >= 0.6 is 11.3 Å². The highest BCUT2D eigenvalue weighted by Crippen LogP contribution is 2.44. The van der Waals surface area contributed by atoms with Crippen LogP contribution in [0.5, 0.6) is 5.75 Å². The predicted octanol–water partition coefficient (Wildman–Crippen LogP) is 6.53. The van der Waals surface area contributed by atoms with Crippen LogP contribution < -0.4 is 4.74 Å². The first kappa shape index (κ1) is 21.9. The standard InChI is InChI=1S/C27H19NO5S2/c1-32-22-13-11-17(14-25(22)35(29,30)31)20-15-23(27-28-21-8-4-5-9-24(21)34-27)33-26-18-7-3-2-6-16(18)10-12-19(20)26/h2-9,11,13-15H,10,12H2,1H3/p+1. The van der Waals surface area contributed by atoms with Gasteiger partial charge in [-0.1, -0.05) is 36.4 Å². The van der Waals surface area contributed by atoms with Gasteiger partial charge in [0, 0.05) is 5.56 Å². The van der Waals surface area contributed by atoms with E-state index in [-0.39, 0.29) is 10.6 Å². The van der Waals surface area contributed by atoms with Gasteiger partial charge in [-0.3, -0.25) is 4.55 Å². The monoisotopic (exact) mass is 502 g/mol. The SMILES string of the molecule is COc1ccc(-c2cc(-c3nc4ccccc4s3)[o+]c3c2CCc2ccccc2-3)cc1S(=O)(=O)O. The maximum Gasteiger partial charge on any atom is 0.389 e. The van der Waals surface area contributed by atoms with Crippen LogP contribution in [0, 0.1) is 0 Å². The molecule has 1 aliphatic rings. The number of para-hydroxylation sites is 1. The minimum atomic E-state index is -4.48. The summed E-state index contributed by atoms with van der Waals surface area (Å²) in [5.41, 5.74) is 5.57. The Bertz CT molecular complexity index is 1690. The summed E-state index contributed by atoms with van der Waals surface area (Å²) in [4.78, 5) is 4.50. The van der Waals surface area contributed by atoms with Gasteiger partial charge in [0.2, 0.25) is 5.01 Å². The van der Waals surface area contributed by atoms with E-state index in [2.05, 4.69) is 6.07 Å². The summed E-state index contributed by atoms with van der Waals surface area (Å²) in [6.07, 6.45) is 1.58. The summed E-state index contributed by atoms with van der Waals surface area (Å²) in [6.45, 7) is 0. The molecule has 0 saturated carbocycles. The molecule has 1 N–H and O–H groups in total. The molecule has 0 saturated heterocycles. The molecule has 8 heteroatoms. The molecule has 3 aromatic carbocycles. The van der Waals surface area contributed by atoms with Crippen molar-refractivity contribution in [2.45, 2.75) is 17.7 Å². The number of nitrogens with zero attached hydrogens (tertiary/aromatic N) is 1. The number of rotatable bonds is 4. The largest absolute Gasteiger partial charge is 0.495 e. The van der Waals surface area contributed by atoms with Crippen LogP contribution in [0.3, 0.4) is 0 Å². The zero-order valence-corrected chi connectivity index (χ0v) is 20.3. The van der Waals surface area contributed by atoms with Gasteiger partial charge in [-0.2, -0.15) is 8.42 Å². The van der Waals surface area contributed by atoms with E-state index in [0.717, 1.165) is 50.5 Å². The molecule has 0 radical (unpaired) electrons. The van der Waals surface area contributed by atoms with E-state index in [4.69, 9.17) is 14.1 Å². The van der Waals surface area contributed by atoms with Crippen molar-refractivity contribution in [3.8, 4) is 39.0 Å². The van der Waals surface area contributed by atoms with Crippen LogP contribution in [0.2, 0.25) is 0 Å². The third-order valence-corrected chi connectivity index (χ3v) is 8.18. The smallest absolute Gasteiger partial charge is 0.389 e. The second kappa shape index (κ2) is 8.27. The van der Waals surface area contributed by atoms with Crippen molar-refractivity contribution < 1.29 is 22.1 Å². The summed E-state index contributed by atoms with van der Waals surface area (Å²) in [6, 6.07) is 22.8. The highest BCUT2D eigenvalue weighted by atomic mass is 32.2. The zero-order chi connectivity index (χ0) is 24.2. The summed E-state index contributed by atoms with van der Waals surface area (Å²) in [5, 5.41) is 0.738. The van der Waals surface area contributed by atoms with Crippen molar-refractivity contribution in [3.05, 3.63) is 83.9 Å². The molecular formula is C27H20NO5S2+. The number of aromatic nitrogens is 1. The lowest BCUT2D eigenvalue weighted by atomic mass is 9.85. The van der Waals surface area contributed by atoms with Gasteiger partial charge in [-0.05, 0) is 54.3 Å². The molecule has 0 amide bonds. The number of methoxy groups -OCH3 is 1. The molecular weight excluding hydrogens is 482 g/mol. The lowest BCUT2D eigenvalue weighted by molar-refractivity contribution is 0.397. The number of hydrogen-bond donors (Lipinski definition) is 1. The number of hydrogen-bond acceptors (Lipinski definition) is 5. The van der Waals surface area contributed by atoms with Gasteiger partial charge in [0.1, 0.15) is 10.6 Å². The first-order chi connectivity index (χ1) is 16.9. The first-order valence-electron chi connectivity index (χ1n) is 11.0. The normalized spacial score (nSPS) is 12.9. The molecule has 6 nitrogen and oxygen atoms in total. The van der Waals surface area contributed by atoms with Crippen molar-refractivity contribution in [1.82, 2.24) is 4.98 Å². The molecule has 35 heavy (non-hydrogen) atoms. The quantitative estimate of drug-likeness (QED) is 0.222. The fourth-order valence-electron chi connectivity index (χ4n) is 4.61. The van der Waals surface area contributed by atoms with Crippen LogP contribution in [0.15, 0.2) is 82.1 Å². The predicted molar refractivity (Wildman–Crippen MR) is 136 cm³/mol. The van der Waals surface area contributed by atoms with Crippen molar-refractivity contribution in [3.63, 3.8) is 0 Å². The number of fused-ring (bicyclic) bond motifs is 4. The Labute approximate surface area is 206 Å². The van der Waals surface area contributed by atoms with Crippen LogP contribution in [0.25, 0.3) is 43.4 Å².